The Kier molecular flexibility index (Phi) is 4.17. The first kappa shape index (κ1) is 12.1. The van der Waals surface area contributed by atoms with E-state index in [1.165, 1.54) is 11.3 Å². The van der Waals surface area contributed by atoms with Crippen molar-refractivity contribution in [3.8, 4) is 0 Å². The number of rotatable bonds is 5. The SMILES string of the molecule is O=C(CCn1cccn1)NCc1ccc(Cl)s1. The number of halogens is 1. The number of thiophene rings is 1. The van der Waals surface area contributed by atoms with Gasteiger partial charge in [-0.25, -0.2) is 0 Å². The number of amides is 1. The highest BCUT2D eigenvalue weighted by molar-refractivity contribution is 7.16. The number of aryl methyl sites for hydroxylation is 1. The van der Waals surface area contributed by atoms with Gasteiger partial charge in [-0.15, -0.1) is 11.3 Å². The van der Waals surface area contributed by atoms with Crippen LogP contribution in [0.25, 0.3) is 0 Å². The summed E-state index contributed by atoms with van der Waals surface area (Å²) in [7, 11) is 0. The van der Waals surface area contributed by atoms with E-state index >= 15 is 0 Å². The molecule has 0 spiro atoms. The third-order valence-electron chi connectivity index (χ3n) is 2.22. The number of hydrogen-bond donors (Lipinski definition) is 1. The van der Waals surface area contributed by atoms with Crippen LogP contribution in [0, 0.1) is 0 Å². The van der Waals surface area contributed by atoms with Gasteiger partial charge in [0.05, 0.1) is 10.9 Å². The molecule has 0 saturated heterocycles. The molecule has 90 valence electrons. The largest absolute Gasteiger partial charge is 0.351 e. The topological polar surface area (TPSA) is 46.9 Å². The summed E-state index contributed by atoms with van der Waals surface area (Å²) in [6, 6.07) is 5.59. The zero-order valence-electron chi connectivity index (χ0n) is 9.10. The normalized spacial score (nSPS) is 10.4. The summed E-state index contributed by atoms with van der Waals surface area (Å²) in [5.74, 6) is 0.0185. The van der Waals surface area contributed by atoms with Crippen LogP contribution >= 0.6 is 22.9 Å². The van der Waals surface area contributed by atoms with Crippen molar-refractivity contribution < 1.29 is 4.79 Å². The van der Waals surface area contributed by atoms with E-state index in [4.69, 9.17) is 11.6 Å². The first-order valence-corrected chi connectivity index (χ1v) is 6.42. The predicted octanol–water partition coefficient (Wildman–Crippen LogP) is 2.30. The van der Waals surface area contributed by atoms with Gasteiger partial charge in [-0.3, -0.25) is 9.48 Å². The highest BCUT2D eigenvalue weighted by atomic mass is 35.5. The molecular formula is C11H12ClN3OS. The second-order valence-electron chi connectivity index (χ2n) is 3.50. The Bertz CT molecular complexity index is 481. The number of carbonyl (C=O) groups excluding carboxylic acids is 1. The maximum absolute atomic E-state index is 11.5. The molecule has 2 heterocycles. The third-order valence-corrected chi connectivity index (χ3v) is 3.45. The molecule has 0 aromatic carbocycles. The van der Waals surface area contributed by atoms with Crippen molar-refractivity contribution in [1.29, 1.82) is 0 Å². The Morgan fingerprint density at radius 1 is 1.53 bits per heavy atom. The first-order valence-electron chi connectivity index (χ1n) is 5.22. The van der Waals surface area contributed by atoms with Crippen molar-refractivity contribution in [2.75, 3.05) is 0 Å². The quantitative estimate of drug-likeness (QED) is 0.905. The summed E-state index contributed by atoms with van der Waals surface area (Å²) in [4.78, 5) is 12.6. The van der Waals surface area contributed by atoms with Gasteiger partial charge >= 0.3 is 0 Å². The Labute approximate surface area is 108 Å². The van der Waals surface area contributed by atoms with Crippen LogP contribution < -0.4 is 5.32 Å². The van der Waals surface area contributed by atoms with Gasteiger partial charge in [-0.2, -0.15) is 5.10 Å². The van der Waals surface area contributed by atoms with Crippen molar-refractivity contribution in [3.05, 3.63) is 39.8 Å². The molecule has 1 N–H and O–H groups in total. The van der Waals surface area contributed by atoms with Gasteiger partial charge in [0.25, 0.3) is 0 Å². The lowest BCUT2D eigenvalue weighted by molar-refractivity contribution is -0.121. The van der Waals surface area contributed by atoms with Gasteiger partial charge in [0.15, 0.2) is 0 Å². The van der Waals surface area contributed by atoms with Crippen LogP contribution in [0.15, 0.2) is 30.6 Å². The molecule has 0 saturated carbocycles. The van der Waals surface area contributed by atoms with Crippen LogP contribution in [0.4, 0.5) is 0 Å². The molecule has 4 nitrogen and oxygen atoms in total. The van der Waals surface area contributed by atoms with E-state index in [9.17, 15) is 4.79 Å². The maximum atomic E-state index is 11.5. The van der Waals surface area contributed by atoms with Crippen LogP contribution in [0.1, 0.15) is 11.3 Å². The van der Waals surface area contributed by atoms with Gasteiger partial charge < -0.3 is 5.32 Å². The van der Waals surface area contributed by atoms with E-state index < -0.39 is 0 Å². The Hall–Kier alpha value is -1.33. The summed E-state index contributed by atoms with van der Waals surface area (Å²) in [5.41, 5.74) is 0. The van der Waals surface area contributed by atoms with E-state index in [2.05, 4.69) is 10.4 Å². The Morgan fingerprint density at radius 3 is 3.06 bits per heavy atom. The van der Waals surface area contributed by atoms with Gasteiger partial charge in [-0.05, 0) is 18.2 Å². The smallest absolute Gasteiger partial charge is 0.222 e. The minimum absolute atomic E-state index is 0.0185. The van der Waals surface area contributed by atoms with E-state index in [0.29, 0.717) is 19.5 Å². The van der Waals surface area contributed by atoms with Crippen LogP contribution in [0.2, 0.25) is 4.34 Å². The summed E-state index contributed by atoms with van der Waals surface area (Å²) in [6.45, 7) is 1.14. The second kappa shape index (κ2) is 5.84. The fourth-order valence-corrected chi connectivity index (χ4v) is 2.40. The summed E-state index contributed by atoms with van der Waals surface area (Å²) >= 11 is 7.28. The average molecular weight is 270 g/mol. The first-order chi connectivity index (χ1) is 8.24. The molecule has 0 aliphatic heterocycles. The van der Waals surface area contributed by atoms with Crippen LogP contribution in [-0.4, -0.2) is 15.7 Å². The molecule has 1 amide bonds. The van der Waals surface area contributed by atoms with E-state index in [0.717, 1.165) is 9.21 Å². The number of carbonyl (C=O) groups is 1. The standard InChI is InChI=1S/C11H12ClN3OS/c12-10-3-2-9(17-10)8-13-11(16)4-7-15-6-1-5-14-15/h1-3,5-6H,4,7-8H2,(H,13,16). The zero-order valence-corrected chi connectivity index (χ0v) is 10.7. The van der Waals surface area contributed by atoms with E-state index in [1.807, 2.05) is 24.4 Å². The van der Waals surface area contributed by atoms with Gasteiger partial charge in [0.1, 0.15) is 0 Å². The van der Waals surface area contributed by atoms with Crippen LogP contribution in [0.5, 0.6) is 0 Å². The molecule has 0 fully saturated rings. The molecule has 0 aliphatic carbocycles. The summed E-state index contributed by atoms with van der Waals surface area (Å²) < 4.78 is 2.48. The highest BCUT2D eigenvalue weighted by Gasteiger charge is 2.03. The van der Waals surface area contributed by atoms with E-state index in [-0.39, 0.29) is 5.91 Å². The molecule has 2 aromatic rings. The second-order valence-corrected chi connectivity index (χ2v) is 5.30. The minimum Gasteiger partial charge on any atom is -0.351 e. The molecule has 0 aliphatic rings. The molecule has 2 aromatic heterocycles. The molecule has 0 radical (unpaired) electrons. The monoisotopic (exact) mass is 269 g/mol. The molecule has 6 heteroatoms. The van der Waals surface area contributed by atoms with Crippen molar-refractivity contribution in [2.24, 2.45) is 0 Å². The Morgan fingerprint density at radius 2 is 2.41 bits per heavy atom. The fourth-order valence-electron chi connectivity index (χ4n) is 1.37. The lowest BCUT2D eigenvalue weighted by Crippen LogP contribution is -2.23. The number of nitrogens with zero attached hydrogens (tertiary/aromatic N) is 2. The molecular weight excluding hydrogens is 258 g/mol. The fraction of sp³-hybridized carbons (Fsp3) is 0.273. The maximum Gasteiger partial charge on any atom is 0.222 e. The van der Waals surface area contributed by atoms with Gasteiger partial charge in [0.2, 0.25) is 5.91 Å². The van der Waals surface area contributed by atoms with Crippen LogP contribution in [-0.2, 0) is 17.9 Å². The highest BCUT2D eigenvalue weighted by Crippen LogP contribution is 2.20. The van der Waals surface area contributed by atoms with Crippen LogP contribution in [0.3, 0.4) is 0 Å². The molecule has 17 heavy (non-hydrogen) atoms. The number of nitrogens with one attached hydrogen (secondary N) is 1. The summed E-state index contributed by atoms with van der Waals surface area (Å²) in [6.07, 6.45) is 3.97. The van der Waals surface area contributed by atoms with Crippen molar-refractivity contribution in [2.45, 2.75) is 19.5 Å². The van der Waals surface area contributed by atoms with Gasteiger partial charge in [0, 0.05) is 30.2 Å². The number of hydrogen-bond acceptors (Lipinski definition) is 3. The summed E-state index contributed by atoms with van der Waals surface area (Å²) in [5, 5.41) is 6.88. The van der Waals surface area contributed by atoms with E-state index in [1.54, 1.807) is 10.9 Å². The molecule has 0 atom stereocenters. The third kappa shape index (κ3) is 3.87. The van der Waals surface area contributed by atoms with Crippen molar-refractivity contribution in [1.82, 2.24) is 15.1 Å². The minimum atomic E-state index is 0.0185. The molecule has 2 rings (SSSR count). The lowest BCUT2D eigenvalue weighted by Gasteiger charge is -2.03. The average Bonchev–Trinajstić information content (AvgIpc) is 2.95. The van der Waals surface area contributed by atoms with Crippen molar-refractivity contribution in [3.63, 3.8) is 0 Å². The lowest BCUT2D eigenvalue weighted by atomic mass is 10.4. The molecule has 0 unspecified atom stereocenters. The number of aromatic nitrogens is 2. The molecule has 0 bridgehead atoms. The Balaban J connectivity index is 1.71. The predicted molar refractivity (Wildman–Crippen MR) is 68.0 cm³/mol. The van der Waals surface area contributed by atoms with Crippen molar-refractivity contribution >= 4 is 28.8 Å². The van der Waals surface area contributed by atoms with Gasteiger partial charge in [-0.1, -0.05) is 11.6 Å². The zero-order chi connectivity index (χ0) is 12.1.